The Morgan fingerprint density at radius 3 is 2.84 bits per heavy atom. The maximum absolute atomic E-state index is 11.4. The minimum atomic E-state index is -0.306. The molecule has 1 fully saturated rings. The second kappa shape index (κ2) is 5.83. The summed E-state index contributed by atoms with van der Waals surface area (Å²) < 4.78 is 1.88. The lowest BCUT2D eigenvalue weighted by atomic mass is 10.2. The van der Waals surface area contributed by atoms with Gasteiger partial charge in [0.2, 0.25) is 5.91 Å². The van der Waals surface area contributed by atoms with Crippen LogP contribution < -0.4 is 10.6 Å². The molecule has 104 valence electrons. The lowest BCUT2D eigenvalue weighted by molar-refractivity contribution is -0.124. The maximum atomic E-state index is 11.4. The Hall–Kier alpha value is -1.89. The first-order chi connectivity index (χ1) is 9.09. The molecule has 0 aliphatic carbocycles. The highest BCUT2D eigenvalue weighted by molar-refractivity contribution is 6.01. The topological polar surface area (TPSA) is 79.3 Å². The van der Waals surface area contributed by atoms with Gasteiger partial charge in [0.05, 0.1) is 12.6 Å². The number of nitrogens with one attached hydrogen (secondary N) is 2. The first-order valence-corrected chi connectivity index (χ1v) is 6.40. The average Bonchev–Trinajstić information content (AvgIpc) is 3.02. The summed E-state index contributed by atoms with van der Waals surface area (Å²) in [6.07, 6.45) is 3.66. The van der Waals surface area contributed by atoms with E-state index < -0.39 is 0 Å². The molecule has 0 unspecified atom stereocenters. The Morgan fingerprint density at radius 2 is 2.26 bits per heavy atom. The van der Waals surface area contributed by atoms with Gasteiger partial charge >= 0.3 is 6.03 Å². The number of carbonyl (C=O) groups excluding carboxylic acids is 2. The number of hydrogen-bond acceptors (Lipinski definition) is 4. The van der Waals surface area contributed by atoms with E-state index in [0.717, 1.165) is 0 Å². The van der Waals surface area contributed by atoms with E-state index in [4.69, 9.17) is 0 Å². The third kappa shape index (κ3) is 3.11. The SMILES string of the molecule is C[C@H]([C@@H](C)NCCN1C(=O)CNC1=O)n1cccn1. The number of nitrogens with zero attached hydrogens (tertiary/aromatic N) is 3. The van der Waals surface area contributed by atoms with Crippen LogP contribution in [0.25, 0.3) is 0 Å². The van der Waals surface area contributed by atoms with Crippen molar-refractivity contribution in [3.63, 3.8) is 0 Å². The fourth-order valence-electron chi connectivity index (χ4n) is 2.01. The molecule has 1 aliphatic rings. The molecule has 7 heteroatoms. The largest absolute Gasteiger partial charge is 0.329 e. The van der Waals surface area contributed by atoms with E-state index >= 15 is 0 Å². The van der Waals surface area contributed by atoms with Crippen molar-refractivity contribution >= 4 is 11.9 Å². The van der Waals surface area contributed by atoms with Crippen molar-refractivity contribution in [3.05, 3.63) is 18.5 Å². The number of aromatic nitrogens is 2. The molecule has 2 rings (SSSR count). The quantitative estimate of drug-likeness (QED) is 0.708. The summed E-state index contributed by atoms with van der Waals surface area (Å²) in [4.78, 5) is 23.9. The second-order valence-corrected chi connectivity index (χ2v) is 4.67. The monoisotopic (exact) mass is 265 g/mol. The highest BCUT2D eigenvalue weighted by Crippen LogP contribution is 2.08. The van der Waals surface area contributed by atoms with Crippen LogP contribution in [0.5, 0.6) is 0 Å². The zero-order valence-corrected chi connectivity index (χ0v) is 11.2. The zero-order chi connectivity index (χ0) is 13.8. The highest BCUT2D eigenvalue weighted by Gasteiger charge is 2.27. The predicted octanol–water partition coefficient (Wildman–Crippen LogP) is -0.0260. The minimum absolute atomic E-state index is 0.109. The molecule has 3 amide bonds. The van der Waals surface area contributed by atoms with Crippen molar-refractivity contribution in [1.29, 1.82) is 0 Å². The van der Waals surface area contributed by atoms with Crippen LogP contribution in [0, 0.1) is 0 Å². The van der Waals surface area contributed by atoms with Gasteiger partial charge in [0, 0.05) is 31.5 Å². The molecule has 0 spiro atoms. The van der Waals surface area contributed by atoms with Gasteiger partial charge in [-0.25, -0.2) is 4.79 Å². The Bertz CT molecular complexity index is 429. The molecule has 1 aromatic heterocycles. The molecule has 2 heterocycles. The van der Waals surface area contributed by atoms with Gasteiger partial charge in [0.1, 0.15) is 0 Å². The van der Waals surface area contributed by atoms with Gasteiger partial charge in [-0.3, -0.25) is 14.4 Å². The van der Waals surface area contributed by atoms with Crippen molar-refractivity contribution in [2.45, 2.75) is 25.9 Å². The Morgan fingerprint density at radius 1 is 1.47 bits per heavy atom. The maximum Gasteiger partial charge on any atom is 0.324 e. The Labute approximate surface area is 111 Å². The van der Waals surface area contributed by atoms with Crippen LogP contribution in [-0.4, -0.2) is 52.3 Å². The smallest absolute Gasteiger partial charge is 0.324 e. The molecule has 0 aromatic carbocycles. The van der Waals surface area contributed by atoms with Crippen molar-refractivity contribution in [2.24, 2.45) is 0 Å². The summed E-state index contributed by atoms with van der Waals surface area (Å²) in [6.45, 7) is 5.20. The lowest BCUT2D eigenvalue weighted by Gasteiger charge is -2.22. The van der Waals surface area contributed by atoms with Crippen LogP contribution in [0.2, 0.25) is 0 Å². The molecule has 2 N–H and O–H groups in total. The van der Waals surface area contributed by atoms with E-state index in [1.165, 1.54) is 4.90 Å². The molecule has 0 saturated carbocycles. The second-order valence-electron chi connectivity index (χ2n) is 4.67. The van der Waals surface area contributed by atoms with Gasteiger partial charge < -0.3 is 10.6 Å². The number of carbonyl (C=O) groups is 2. The molecule has 1 aliphatic heterocycles. The fourth-order valence-corrected chi connectivity index (χ4v) is 2.01. The van der Waals surface area contributed by atoms with E-state index in [1.54, 1.807) is 6.20 Å². The van der Waals surface area contributed by atoms with Crippen LogP contribution in [0.15, 0.2) is 18.5 Å². The number of amides is 3. The third-order valence-corrected chi connectivity index (χ3v) is 3.40. The van der Waals surface area contributed by atoms with E-state index in [1.807, 2.05) is 16.9 Å². The van der Waals surface area contributed by atoms with Crippen molar-refractivity contribution in [2.75, 3.05) is 19.6 Å². The van der Waals surface area contributed by atoms with Crippen molar-refractivity contribution in [3.8, 4) is 0 Å². The molecule has 19 heavy (non-hydrogen) atoms. The third-order valence-electron chi connectivity index (χ3n) is 3.40. The van der Waals surface area contributed by atoms with Crippen LogP contribution in [0.4, 0.5) is 4.79 Å². The summed E-state index contributed by atoms with van der Waals surface area (Å²) in [7, 11) is 0. The molecule has 7 nitrogen and oxygen atoms in total. The van der Waals surface area contributed by atoms with E-state index in [9.17, 15) is 9.59 Å². The Kier molecular flexibility index (Phi) is 4.16. The molecule has 2 atom stereocenters. The normalized spacial score (nSPS) is 18.5. The summed E-state index contributed by atoms with van der Waals surface area (Å²) >= 11 is 0. The van der Waals surface area contributed by atoms with E-state index in [2.05, 4.69) is 29.6 Å². The minimum Gasteiger partial charge on any atom is -0.329 e. The standard InChI is InChI=1S/C12H19N5O2/c1-9(10(2)17-6-3-4-15-17)13-5-7-16-11(18)8-14-12(16)19/h3-4,6,9-10,13H,5,7-8H2,1-2H3,(H,14,19)/t9-,10-/m1/s1. The van der Waals surface area contributed by atoms with E-state index in [-0.39, 0.29) is 30.6 Å². The average molecular weight is 265 g/mol. The highest BCUT2D eigenvalue weighted by atomic mass is 16.2. The van der Waals surface area contributed by atoms with Crippen molar-refractivity contribution in [1.82, 2.24) is 25.3 Å². The lowest BCUT2D eigenvalue weighted by Crippen LogP contribution is -2.41. The zero-order valence-electron chi connectivity index (χ0n) is 11.2. The molecule has 0 radical (unpaired) electrons. The van der Waals surface area contributed by atoms with Crippen LogP contribution in [0.3, 0.4) is 0 Å². The van der Waals surface area contributed by atoms with Gasteiger partial charge in [-0.2, -0.15) is 5.10 Å². The predicted molar refractivity (Wildman–Crippen MR) is 69.5 cm³/mol. The van der Waals surface area contributed by atoms with Gasteiger partial charge in [0.25, 0.3) is 0 Å². The molecule has 1 saturated heterocycles. The van der Waals surface area contributed by atoms with Crippen LogP contribution in [0.1, 0.15) is 19.9 Å². The summed E-state index contributed by atoms with van der Waals surface area (Å²) in [5, 5.41) is 10.00. The number of hydrogen-bond donors (Lipinski definition) is 2. The molecular formula is C12H19N5O2. The van der Waals surface area contributed by atoms with Crippen molar-refractivity contribution < 1.29 is 9.59 Å². The number of imide groups is 1. The molecular weight excluding hydrogens is 246 g/mol. The van der Waals surface area contributed by atoms with Gasteiger partial charge in [-0.05, 0) is 19.9 Å². The summed E-state index contributed by atoms with van der Waals surface area (Å²) in [5.41, 5.74) is 0. The van der Waals surface area contributed by atoms with Gasteiger partial charge in [-0.15, -0.1) is 0 Å². The first kappa shape index (κ1) is 13.5. The Balaban J connectivity index is 1.76. The molecule has 0 bridgehead atoms. The summed E-state index contributed by atoms with van der Waals surface area (Å²) in [6, 6.07) is 1.98. The molecule has 1 aromatic rings. The number of urea groups is 1. The van der Waals surface area contributed by atoms with Crippen LogP contribution in [-0.2, 0) is 4.79 Å². The van der Waals surface area contributed by atoms with Gasteiger partial charge in [-0.1, -0.05) is 0 Å². The number of rotatable bonds is 6. The van der Waals surface area contributed by atoms with E-state index in [0.29, 0.717) is 13.1 Å². The summed E-state index contributed by atoms with van der Waals surface area (Å²) in [5.74, 6) is -0.167. The van der Waals surface area contributed by atoms with Crippen LogP contribution >= 0.6 is 0 Å². The van der Waals surface area contributed by atoms with Gasteiger partial charge in [0.15, 0.2) is 0 Å². The first-order valence-electron chi connectivity index (χ1n) is 6.40. The fraction of sp³-hybridized carbons (Fsp3) is 0.583.